The van der Waals surface area contributed by atoms with Crippen LogP contribution >= 0.6 is 12.4 Å². The lowest BCUT2D eigenvalue weighted by Crippen LogP contribution is -2.49. The molecule has 2 heterocycles. The minimum Gasteiger partial charge on any atom is -0.480 e. The molecule has 188 valence electrons. The Morgan fingerprint density at radius 2 is 1.94 bits per heavy atom. The standard InChI is InChI=1S/C23H34N6O4.ClH/c1-14(24)22(32)28-23(33)19-9-17(15-5-3-2-4-6-15)12-29(19)13-18-8-7-16(10-26-18)21(25)27-11-20(30)31;/h7-8,10,14-15,17,19H,2-6,9,11-13,24H2,1H3,(H2,25,27)(H,30,31)(H,28,32,33);1H/t14-,17?,19-;/m0./s1. The minimum absolute atomic E-state index is 0. The van der Waals surface area contributed by atoms with Crippen LogP contribution in [0.25, 0.3) is 0 Å². The fraction of sp³-hybridized carbons (Fsp3) is 0.609. The molecule has 0 aromatic carbocycles. The molecule has 1 aromatic heterocycles. The average Bonchev–Trinajstić information content (AvgIpc) is 3.22. The van der Waals surface area contributed by atoms with Crippen molar-refractivity contribution in [1.82, 2.24) is 15.2 Å². The Morgan fingerprint density at radius 3 is 2.53 bits per heavy atom. The summed E-state index contributed by atoms with van der Waals surface area (Å²) in [7, 11) is 0. The molecular formula is C23H35ClN6O4. The second-order valence-corrected chi connectivity index (χ2v) is 9.11. The van der Waals surface area contributed by atoms with Gasteiger partial charge in [0.05, 0.1) is 17.8 Å². The predicted molar refractivity (Wildman–Crippen MR) is 130 cm³/mol. The van der Waals surface area contributed by atoms with Crippen LogP contribution in [0.5, 0.6) is 0 Å². The Morgan fingerprint density at radius 1 is 1.24 bits per heavy atom. The molecule has 0 radical (unpaired) electrons. The third-order valence-electron chi connectivity index (χ3n) is 6.59. The lowest BCUT2D eigenvalue weighted by Gasteiger charge is -2.27. The molecule has 1 saturated heterocycles. The monoisotopic (exact) mass is 494 g/mol. The van der Waals surface area contributed by atoms with Gasteiger partial charge in [-0.2, -0.15) is 0 Å². The van der Waals surface area contributed by atoms with Gasteiger partial charge in [0.1, 0.15) is 12.4 Å². The molecule has 1 saturated carbocycles. The van der Waals surface area contributed by atoms with Crippen molar-refractivity contribution in [3.8, 4) is 0 Å². The molecule has 1 aromatic rings. The summed E-state index contributed by atoms with van der Waals surface area (Å²) in [6.07, 6.45) is 8.38. The maximum atomic E-state index is 12.9. The molecule has 1 aliphatic carbocycles. The molecule has 2 aliphatic rings. The quantitative estimate of drug-likeness (QED) is 0.307. The number of aliphatic imine (C=N–C) groups is 1. The van der Waals surface area contributed by atoms with E-state index < -0.39 is 30.5 Å². The predicted octanol–water partition coefficient (Wildman–Crippen LogP) is 1.05. The number of imide groups is 1. The van der Waals surface area contributed by atoms with Crippen molar-refractivity contribution in [3.05, 3.63) is 29.6 Å². The van der Waals surface area contributed by atoms with Crippen LogP contribution in [-0.4, -0.2) is 63.8 Å². The largest absolute Gasteiger partial charge is 0.480 e. The number of aliphatic carboxylic acids is 1. The van der Waals surface area contributed by atoms with E-state index in [0.29, 0.717) is 23.9 Å². The number of likely N-dealkylation sites (tertiary alicyclic amines) is 1. The number of pyridine rings is 1. The van der Waals surface area contributed by atoms with Crippen molar-refractivity contribution < 1.29 is 19.5 Å². The fourth-order valence-electron chi connectivity index (χ4n) is 4.77. The van der Waals surface area contributed by atoms with Gasteiger partial charge in [0.25, 0.3) is 0 Å². The van der Waals surface area contributed by atoms with E-state index in [4.69, 9.17) is 16.6 Å². The van der Waals surface area contributed by atoms with Crippen LogP contribution < -0.4 is 16.8 Å². The van der Waals surface area contributed by atoms with Gasteiger partial charge in [0, 0.05) is 24.8 Å². The van der Waals surface area contributed by atoms with Gasteiger partial charge in [-0.25, -0.2) is 0 Å². The highest BCUT2D eigenvalue weighted by Gasteiger charge is 2.40. The van der Waals surface area contributed by atoms with Crippen LogP contribution in [-0.2, 0) is 20.9 Å². The molecule has 11 heteroatoms. The number of halogens is 1. The molecule has 2 fully saturated rings. The highest BCUT2D eigenvalue weighted by molar-refractivity contribution is 6.00. The van der Waals surface area contributed by atoms with Crippen molar-refractivity contribution in [1.29, 1.82) is 0 Å². The minimum atomic E-state index is -1.06. The first-order chi connectivity index (χ1) is 15.7. The third-order valence-corrected chi connectivity index (χ3v) is 6.59. The third kappa shape index (κ3) is 7.48. The van der Waals surface area contributed by atoms with Crippen LogP contribution in [0.4, 0.5) is 0 Å². The number of carbonyl (C=O) groups excluding carboxylic acids is 2. The molecule has 1 aliphatic heterocycles. The SMILES string of the molecule is C[C@H](N)C(=O)NC(=O)[C@@H]1CC(C2CCCCC2)CN1Cc1ccc(C(N)=NCC(=O)O)cn1.Cl. The molecule has 6 N–H and O–H groups in total. The zero-order valence-corrected chi connectivity index (χ0v) is 20.3. The van der Waals surface area contributed by atoms with E-state index in [2.05, 4.69) is 20.2 Å². The van der Waals surface area contributed by atoms with E-state index in [9.17, 15) is 14.4 Å². The first-order valence-electron chi connectivity index (χ1n) is 11.6. The Hall–Kier alpha value is -2.56. The van der Waals surface area contributed by atoms with Gasteiger partial charge in [-0.15, -0.1) is 12.4 Å². The number of amidine groups is 1. The van der Waals surface area contributed by atoms with Gasteiger partial charge in [-0.3, -0.25) is 34.6 Å². The highest BCUT2D eigenvalue weighted by atomic mass is 35.5. The first-order valence-corrected chi connectivity index (χ1v) is 11.6. The summed E-state index contributed by atoms with van der Waals surface area (Å²) in [5.41, 5.74) is 12.7. The van der Waals surface area contributed by atoms with Gasteiger partial charge in [-0.05, 0) is 37.3 Å². The molecule has 1 unspecified atom stereocenters. The van der Waals surface area contributed by atoms with Crippen LogP contribution in [0.15, 0.2) is 23.3 Å². The van der Waals surface area contributed by atoms with E-state index >= 15 is 0 Å². The molecule has 10 nitrogen and oxygen atoms in total. The Bertz CT molecular complexity index is 886. The molecule has 34 heavy (non-hydrogen) atoms. The van der Waals surface area contributed by atoms with Gasteiger partial charge < -0.3 is 16.6 Å². The number of nitrogens with one attached hydrogen (secondary N) is 1. The smallest absolute Gasteiger partial charge is 0.325 e. The van der Waals surface area contributed by atoms with Gasteiger partial charge in [0.15, 0.2) is 0 Å². The van der Waals surface area contributed by atoms with Crippen molar-refractivity contribution in [3.63, 3.8) is 0 Å². The van der Waals surface area contributed by atoms with Crippen molar-refractivity contribution in [2.75, 3.05) is 13.1 Å². The second kappa shape index (κ2) is 12.8. The first kappa shape index (κ1) is 27.7. The maximum absolute atomic E-state index is 12.9. The average molecular weight is 495 g/mol. The number of carboxylic acids is 1. The molecule has 0 bridgehead atoms. The summed E-state index contributed by atoms with van der Waals surface area (Å²) >= 11 is 0. The lowest BCUT2D eigenvalue weighted by atomic mass is 9.79. The fourth-order valence-corrected chi connectivity index (χ4v) is 4.77. The van der Waals surface area contributed by atoms with Crippen molar-refractivity contribution in [2.45, 2.75) is 64.1 Å². The highest BCUT2D eigenvalue weighted by Crippen LogP contribution is 2.38. The molecular weight excluding hydrogens is 460 g/mol. The summed E-state index contributed by atoms with van der Waals surface area (Å²) < 4.78 is 0. The second-order valence-electron chi connectivity index (χ2n) is 9.11. The number of hydrogen-bond donors (Lipinski definition) is 4. The molecule has 3 rings (SSSR count). The number of hydrogen-bond acceptors (Lipinski definition) is 7. The maximum Gasteiger partial charge on any atom is 0.325 e. The molecule has 2 amide bonds. The van der Waals surface area contributed by atoms with Crippen molar-refractivity contribution in [2.24, 2.45) is 28.3 Å². The summed E-state index contributed by atoms with van der Waals surface area (Å²) in [4.78, 5) is 46.0. The summed E-state index contributed by atoms with van der Waals surface area (Å²) in [6, 6.07) is 2.38. The van der Waals surface area contributed by atoms with E-state index in [1.807, 2.05) is 0 Å². The van der Waals surface area contributed by atoms with Crippen LogP contribution in [0.1, 0.15) is 56.7 Å². The Kier molecular flexibility index (Phi) is 10.4. The number of amides is 2. The molecule has 0 spiro atoms. The number of aromatic nitrogens is 1. The zero-order valence-electron chi connectivity index (χ0n) is 19.5. The van der Waals surface area contributed by atoms with Gasteiger partial charge in [0.2, 0.25) is 11.8 Å². The van der Waals surface area contributed by atoms with Crippen LogP contribution in [0.2, 0.25) is 0 Å². The van der Waals surface area contributed by atoms with Crippen molar-refractivity contribution >= 4 is 36.0 Å². The van der Waals surface area contributed by atoms with E-state index in [1.165, 1.54) is 32.1 Å². The number of rotatable bonds is 8. The zero-order chi connectivity index (χ0) is 24.0. The lowest BCUT2D eigenvalue weighted by molar-refractivity contribution is -0.136. The number of carboxylic acid groups (broad SMARTS) is 1. The number of carbonyl (C=O) groups is 3. The van der Waals surface area contributed by atoms with E-state index in [-0.39, 0.29) is 24.1 Å². The topological polar surface area (TPSA) is 164 Å². The van der Waals surface area contributed by atoms with Crippen LogP contribution in [0, 0.1) is 11.8 Å². The normalized spacial score (nSPS) is 22.6. The van der Waals surface area contributed by atoms with E-state index in [1.54, 1.807) is 25.3 Å². The van der Waals surface area contributed by atoms with Gasteiger partial charge >= 0.3 is 5.97 Å². The summed E-state index contributed by atoms with van der Waals surface area (Å²) in [6.45, 7) is 2.39. The van der Waals surface area contributed by atoms with Gasteiger partial charge in [-0.1, -0.05) is 32.1 Å². The Balaban J connectivity index is 0.00000408. The summed E-state index contributed by atoms with van der Waals surface area (Å²) in [5, 5.41) is 11.2. The number of nitrogens with zero attached hydrogens (tertiary/aromatic N) is 3. The Labute approximate surface area is 206 Å². The molecule has 3 atom stereocenters. The van der Waals surface area contributed by atoms with Crippen LogP contribution in [0.3, 0.4) is 0 Å². The summed E-state index contributed by atoms with van der Waals surface area (Å²) in [5.74, 6) is -0.720. The van der Waals surface area contributed by atoms with E-state index in [0.717, 1.165) is 18.7 Å². The number of nitrogens with two attached hydrogens (primary N) is 2.